The zero-order valence-corrected chi connectivity index (χ0v) is 27.2. The van der Waals surface area contributed by atoms with Crippen molar-refractivity contribution in [3.63, 3.8) is 0 Å². The Labute approximate surface area is 267 Å². The number of fused-ring (bicyclic) bond motifs is 4. The molecule has 4 atom stereocenters. The lowest BCUT2D eigenvalue weighted by Crippen LogP contribution is -2.61. The average Bonchev–Trinajstić information content (AvgIpc) is 3.54. The number of pyridine rings is 1. The number of hydrogen-bond acceptors (Lipinski definition) is 9. The third-order valence-corrected chi connectivity index (χ3v) is 9.29. The second-order valence-electron chi connectivity index (χ2n) is 12.9. The maximum atomic E-state index is 13.9. The number of thiazole rings is 1. The van der Waals surface area contributed by atoms with Crippen molar-refractivity contribution < 1.29 is 23.9 Å². The molecule has 0 radical (unpaired) electrons. The van der Waals surface area contributed by atoms with Gasteiger partial charge in [0.2, 0.25) is 5.91 Å². The molecule has 5 rings (SSSR count). The Bertz CT molecular complexity index is 1600. The molecule has 10 nitrogen and oxygen atoms in total. The van der Waals surface area contributed by atoms with Crippen LogP contribution in [-0.4, -0.2) is 57.2 Å². The van der Waals surface area contributed by atoms with E-state index in [0.29, 0.717) is 30.8 Å². The summed E-state index contributed by atoms with van der Waals surface area (Å²) in [5, 5.41) is 7.12. The van der Waals surface area contributed by atoms with Crippen LogP contribution >= 0.6 is 11.3 Å². The van der Waals surface area contributed by atoms with Gasteiger partial charge in [-0.25, -0.2) is 15.4 Å². The number of esters is 1. The molecule has 2 N–H and O–H groups in total. The SMILES string of the molecule is CC(C)[C@@H]1CC(=O)C(C)(C)/C=C/c2ccc3ccc(nc3c2)[C@@H](C)OC(=O)[C@@H]2CCCN(N2)C(=O)[C@H](Cc2cscn2)NC1=O. The van der Waals surface area contributed by atoms with Crippen LogP contribution in [0.25, 0.3) is 17.0 Å². The number of benzene rings is 1. The lowest BCUT2D eigenvalue weighted by atomic mass is 9.79. The van der Waals surface area contributed by atoms with Crippen molar-refractivity contribution in [1.82, 2.24) is 25.7 Å². The number of carbonyl (C=O) groups excluding carboxylic acids is 4. The van der Waals surface area contributed by atoms with Gasteiger partial charge in [-0.2, -0.15) is 0 Å². The second kappa shape index (κ2) is 13.6. The molecular weight excluding hydrogens is 590 g/mol. The Hall–Kier alpha value is -3.96. The highest BCUT2D eigenvalue weighted by atomic mass is 32.1. The van der Waals surface area contributed by atoms with E-state index in [4.69, 9.17) is 9.72 Å². The molecule has 11 heteroatoms. The first-order valence-corrected chi connectivity index (χ1v) is 16.4. The van der Waals surface area contributed by atoms with E-state index in [1.165, 1.54) is 16.3 Å². The van der Waals surface area contributed by atoms with E-state index in [1.54, 1.807) is 12.4 Å². The third kappa shape index (κ3) is 7.65. The number of nitrogens with one attached hydrogen (secondary N) is 2. The van der Waals surface area contributed by atoms with Crippen LogP contribution in [0.4, 0.5) is 0 Å². The van der Waals surface area contributed by atoms with E-state index in [1.807, 2.05) is 75.6 Å². The van der Waals surface area contributed by atoms with Crippen LogP contribution in [0.15, 0.2) is 47.3 Å². The van der Waals surface area contributed by atoms with Crippen LogP contribution < -0.4 is 10.7 Å². The Morgan fingerprint density at radius 3 is 2.64 bits per heavy atom. The number of hydrogen-bond donors (Lipinski definition) is 2. The van der Waals surface area contributed by atoms with Crippen LogP contribution in [0.3, 0.4) is 0 Å². The number of cyclic esters (lactones) is 1. The number of ketones is 1. The fourth-order valence-electron chi connectivity index (χ4n) is 5.62. The molecule has 238 valence electrons. The number of ether oxygens (including phenoxy) is 1. The highest BCUT2D eigenvalue weighted by Gasteiger charge is 2.37. The molecule has 3 aromatic rings. The predicted molar refractivity (Wildman–Crippen MR) is 173 cm³/mol. The van der Waals surface area contributed by atoms with Gasteiger partial charge in [0.25, 0.3) is 5.91 Å². The molecule has 45 heavy (non-hydrogen) atoms. The minimum atomic E-state index is -0.943. The number of carbonyl (C=O) groups is 4. The summed E-state index contributed by atoms with van der Waals surface area (Å²) in [7, 11) is 0. The number of Topliss-reactive ketones (excluding diaryl/α,β-unsaturated/α-hetero) is 1. The maximum absolute atomic E-state index is 13.9. The van der Waals surface area contributed by atoms with E-state index in [-0.39, 0.29) is 36.4 Å². The van der Waals surface area contributed by atoms with E-state index in [2.05, 4.69) is 15.7 Å². The zero-order valence-electron chi connectivity index (χ0n) is 26.4. The summed E-state index contributed by atoms with van der Waals surface area (Å²) < 4.78 is 5.83. The number of nitrogens with zero attached hydrogens (tertiary/aromatic N) is 3. The van der Waals surface area contributed by atoms with Crippen LogP contribution in [0, 0.1) is 17.3 Å². The van der Waals surface area contributed by atoms with Crippen molar-refractivity contribution in [2.45, 2.75) is 78.5 Å². The minimum absolute atomic E-state index is 0.0227. The van der Waals surface area contributed by atoms with Gasteiger partial charge in [-0.3, -0.25) is 24.2 Å². The number of hydrazine groups is 1. The summed E-state index contributed by atoms with van der Waals surface area (Å²) in [5.74, 6) is -2.10. The number of amides is 2. The van der Waals surface area contributed by atoms with Crippen LogP contribution in [-0.2, 0) is 30.3 Å². The number of rotatable bonds is 3. The quantitative estimate of drug-likeness (QED) is 0.394. The Kier molecular flexibility index (Phi) is 9.79. The topological polar surface area (TPSA) is 131 Å². The van der Waals surface area contributed by atoms with E-state index >= 15 is 0 Å². The third-order valence-electron chi connectivity index (χ3n) is 8.65. The summed E-state index contributed by atoms with van der Waals surface area (Å²) in [4.78, 5) is 63.7. The molecule has 4 heterocycles. The molecule has 2 aliphatic rings. The monoisotopic (exact) mass is 631 g/mol. The van der Waals surface area contributed by atoms with Gasteiger partial charge in [-0.05, 0) is 57.2 Å². The molecule has 1 saturated heterocycles. The van der Waals surface area contributed by atoms with Gasteiger partial charge in [0.05, 0.1) is 22.4 Å². The van der Waals surface area contributed by atoms with Crippen molar-refractivity contribution in [1.29, 1.82) is 0 Å². The molecule has 2 aromatic heterocycles. The molecule has 1 aromatic carbocycles. The second-order valence-corrected chi connectivity index (χ2v) is 13.6. The first kappa shape index (κ1) is 32.4. The lowest BCUT2D eigenvalue weighted by Gasteiger charge is -2.35. The van der Waals surface area contributed by atoms with Crippen LogP contribution in [0.2, 0.25) is 0 Å². The molecule has 0 saturated carbocycles. The van der Waals surface area contributed by atoms with Gasteiger partial charge < -0.3 is 10.1 Å². The van der Waals surface area contributed by atoms with E-state index < -0.39 is 35.5 Å². The molecule has 1 fully saturated rings. The zero-order chi connectivity index (χ0) is 32.3. The first-order chi connectivity index (χ1) is 21.4. The average molecular weight is 632 g/mol. The predicted octanol–water partition coefficient (Wildman–Crippen LogP) is 4.80. The van der Waals surface area contributed by atoms with Gasteiger partial charge in [-0.15, -0.1) is 11.3 Å². The van der Waals surface area contributed by atoms with Gasteiger partial charge in [-0.1, -0.05) is 44.2 Å². The highest BCUT2D eigenvalue weighted by Crippen LogP contribution is 2.29. The van der Waals surface area contributed by atoms with E-state index in [0.717, 1.165) is 16.5 Å². The fraction of sp³-hybridized carbons (Fsp3) is 0.471. The standard InChI is InChI=1S/C34H41N5O5S/c1-20(2)25-17-30(40)34(4,5)13-12-22-8-9-23-10-11-26(36-28(23)15-22)21(3)44-33(43)27-7-6-14-39(38-27)32(42)29(37-31(25)41)16-24-18-45-19-35-24/h8-13,15,18-21,25,27,29,38H,6-7,14,16-17H2,1-5H3,(H,37,41)/b13-12+/t21-,25+,27+,29+/m1/s1. The lowest BCUT2D eigenvalue weighted by molar-refractivity contribution is -0.157. The summed E-state index contributed by atoms with van der Waals surface area (Å²) in [6.45, 7) is 9.63. The minimum Gasteiger partial charge on any atom is -0.455 e. The van der Waals surface area contributed by atoms with Gasteiger partial charge in [0, 0.05) is 41.5 Å². The van der Waals surface area contributed by atoms with E-state index in [9.17, 15) is 19.2 Å². The Balaban J connectivity index is 1.51. The number of aromatic nitrogens is 2. The van der Waals surface area contributed by atoms with Crippen molar-refractivity contribution in [2.75, 3.05) is 6.54 Å². The molecule has 2 amide bonds. The largest absolute Gasteiger partial charge is 0.455 e. The molecule has 0 unspecified atom stereocenters. The molecular formula is C34H41N5O5S. The Morgan fingerprint density at radius 1 is 1.13 bits per heavy atom. The maximum Gasteiger partial charge on any atom is 0.325 e. The fourth-order valence-corrected chi connectivity index (χ4v) is 6.19. The van der Waals surface area contributed by atoms with Crippen molar-refractivity contribution in [3.8, 4) is 0 Å². The molecule has 5 bridgehead atoms. The van der Waals surface area contributed by atoms with Gasteiger partial charge in [0.1, 0.15) is 24.0 Å². The van der Waals surface area contributed by atoms with Crippen LogP contribution in [0.5, 0.6) is 0 Å². The van der Waals surface area contributed by atoms with Gasteiger partial charge in [0.15, 0.2) is 0 Å². The highest BCUT2D eigenvalue weighted by molar-refractivity contribution is 7.07. The first-order valence-electron chi connectivity index (χ1n) is 15.5. The normalized spacial score (nSPS) is 25.7. The summed E-state index contributed by atoms with van der Waals surface area (Å²) >= 11 is 1.40. The Morgan fingerprint density at radius 2 is 1.91 bits per heavy atom. The number of allylic oxidation sites excluding steroid dienone is 1. The summed E-state index contributed by atoms with van der Waals surface area (Å²) in [6, 6.07) is 7.96. The molecule has 0 aliphatic carbocycles. The smallest absolute Gasteiger partial charge is 0.325 e. The van der Waals surface area contributed by atoms with Crippen molar-refractivity contribution in [2.24, 2.45) is 17.3 Å². The van der Waals surface area contributed by atoms with Crippen molar-refractivity contribution in [3.05, 3.63) is 64.2 Å². The van der Waals surface area contributed by atoms with Crippen molar-refractivity contribution >= 4 is 51.9 Å². The van der Waals surface area contributed by atoms with Crippen LogP contribution in [0.1, 0.15) is 76.9 Å². The summed E-state index contributed by atoms with van der Waals surface area (Å²) in [6.07, 6.45) is 4.40. The molecule has 2 aliphatic heterocycles. The molecule has 0 spiro atoms. The van der Waals surface area contributed by atoms with Gasteiger partial charge >= 0.3 is 5.97 Å². The summed E-state index contributed by atoms with van der Waals surface area (Å²) in [5.41, 5.74) is 6.77.